The second-order valence-corrected chi connectivity index (χ2v) is 9.14. The first kappa shape index (κ1) is 22.6. The number of nitrogens with zero attached hydrogens (tertiary/aromatic N) is 5. The fourth-order valence-corrected chi connectivity index (χ4v) is 3.87. The molecule has 10 heteroatoms. The van der Waals surface area contributed by atoms with Crippen molar-refractivity contribution in [3.8, 4) is 11.4 Å². The van der Waals surface area contributed by atoms with Gasteiger partial charge in [-0.3, -0.25) is 4.68 Å². The third-order valence-corrected chi connectivity index (χ3v) is 5.26. The normalized spacial score (nSPS) is 16.0. The Kier molecular flexibility index (Phi) is 6.26. The second kappa shape index (κ2) is 9.13. The molecule has 2 N–H and O–H groups in total. The molecule has 0 bridgehead atoms. The molecule has 4 rings (SSSR count). The van der Waals surface area contributed by atoms with Gasteiger partial charge in [-0.15, -0.1) is 0 Å². The second-order valence-electron chi connectivity index (χ2n) is 9.14. The van der Waals surface area contributed by atoms with Gasteiger partial charge in [0, 0.05) is 13.2 Å². The Balaban J connectivity index is 1.61. The van der Waals surface area contributed by atoms with Gasteiger partial charge in [-0.1, -0.05) is 6.42 Å². The van der Waals surface area contributed by atoms with Crippen LogP contribution < -0.4 is 10.6 Å². The predicted molar refractivity (Wildman–Crippen MR) is 121 cm³/mol. The summed E-state index contributed by atoms with van der Waals surface area (Å²) in [5, 5.41) is 10.0. The van der Waals surface area contributed by atoms with Crippen molar-refractivity contribution >= 4 is 17.7 Å². The van der Waals surface area contributed by atoms with Crippen LogP contribution in [0.4, 0.5) is 20.8 Å². The van der Waals surface area contributed by atoms with Crippen molar-refractivity contribution in [1.29, 1.82) is 0 Å². The number of aryl methyl sites for hydroxylation is 2. The molecule has 0 saturated heterocycles. The van der Waals surface area contributed by atoms with Crippen LogP contribution >= 0.6 is 0 Å². The zero-order valence-corrected chi connectivity index (χ0v) is 19.2. The Bertz CT molecular complexity index is 1160. The molecule has 0 fully saturated rings. The first-order valence-corrected chi connectivity index (χ1v) is 10.9. The van der Waals surface area contributed by atoms with Gasteiger partial charge in [0.25, 0.3) is 0 Å². The number of carbonyl (C=O) groups is 1. The van der Waals surface area contributed by atoms with Gasteiger partial charge < -0.3 is 15.4 Å². The van der Waals surface area contributed by atoms with Gasteiger partial charge in [-0.05, 0) is 63.3 Å². The molecule has 0 spiro atoms. The fourth-order valence-electron chi connectivity index (χ4n) is 3.87. The van der Waals surface area contributed by atoms with Crippen molar-refractivity contribution in [2.45, 2.75) is 58.1 Å². The Hall–Kier alpha value is -3.56. The van der Waals surface area contributed by atoms with Gasteiger partial charge in [0.05, 0.1) is 23.5 Å². The number of benzene rings is 1. The first-order valence-electron chi connectivity index (χ1n) is 10.9. The molecule has 2 heterocycles. The molecule has 33 heavy (non-hydrogen) atoms. The predicted octanol–water partition coefficient (Wildman–Crippen LogP) is 4.45. The molecule has 0 radical (unpaired) electrons. The summed E-state index contributed by atoms with van der Waals surface area (Å²) in [5.74, 6) is 0.0783. The minimum absolute atomic E-state index is 0.234. The van der Waals surface area contributed by atoms with E-state index in [4.69, 9.17) is 4.74 Å². The Labute approximate surface area is 191 Å². The number of hydrogen-bond donors (Lipinski definition) is 2. The Morgan fingerprint density at radius 2 is 2.06 bits per heavy atom. The van der Waals surface area contributed by atoms with E-state index in [9.17, 15) is 4.79 Å². The van der Waals surface area contributed by atoms with Crippen molar-refractivity contribution in [2.75, 3.05) is 5.32 Å². The smallest absolute Gasteiger partial charge is 0.408 e. The molecule has 1 aromatic carbocycles. The summed E-state index contributed by atoms with van der Waals surface area (Å²) in [6, 6.07) is 2.95. The maximum atomic E-state index is 15.3. The number of aromatic nitrogens is 5. The van der Waals surface area contributed by atoms with E-state index in [2.05, 4.69) is 30.7 Å². The molecule has 1 aliphatic rings. The zero-order chi connectivity index (χ0) is 23.6. The number of amides is 1. The SMILES string of the molecule is Cn1cc(Nc2ncnc(-c3cc4c(cc3F)[C@H](NC(=O)OC(C)(C)C)CCCC4)n2)cn1. The number of carbonyl (C=O) groups excluding carboxylic acids is 1. The molecule has 9 nitrogen and oxygen atoms in total. The van der Waals surface area contributed by atoms with E-state index < -0.39 is 17.5 Å². The number of nitrogens with one attached hydrogen (secondary N) is 2. The molecular formula is C23H28FN7O2. The molecule has 1 aliphatic carbocycles. The van der Waals surface area contributed by atoms with Gasteiger partial charge in [0.1, 0.15) is 17.7 Å². The molecule has 0 unspecified atom stereocenters. The summed E-state index contributed by atoms with van der Waals surface area (Å²) in [4.78, 5) is 25.0. The monoisotopic (exact) mass is 453 g/mol. The van der Waals surface area contributed by atoms with Gasteiger partial charge >= 0.3 is 6.09 Å². The molecule has 174 valence electrons. The number of rotatable bonds is 4. The average Bonchev–Trinajstić information content (AvgIpc) is 3.04. The summed E-state index contributed by atoms with van der Waals surface area (Å²) in [6.45, 7) is 5.43. The maximum absolute atomic E-state index is 15.3. The molecule has 0 saturated carbocycles. The summed E-state index contributed by atoms with van der Waals surface area (Å²) >= 11 is 0. The van der Waals surface area contributed by atoms with E-state index in [-0.39, 0.29) is 11.9 Å². The van der Waals surface area contributed by atoms with Crippen molar-refractivity contribution in [3.05, 3.63) is 47.8 Å². The topological polar surface area (TPSA) is 107 Å². The van der Waals surface area contributed by atoms with Crippen molar-refractivity contribution in [1.82, 2.24) is 30.0 Å². The highest BCUT2D eigenvalue weighted by atomic mass is 19.1. The molecule has 3 aromatic rings. The maximum Gasteiger partial charge on any atom is 0.408 e. The lowest BCUT2D eigenvalue weighted by molar-refractivity contribution is 0.0500. The lowest BCUT2D eigenvalue weighted by atomic mass is 9.96. The standard InChI is InChI=1S/C23H28FN7O2/c1-23(2,3)33-22(32)29-19-8-6-5-7-14-9-17(18(24)10-16(14)19)20-25-13-26-21(30-20)28-15-11-27-31(4)12-15/h9-13,19H,5-8H2,1-4H3,(H,29,32)(H,25,26,28,30)/t19-/m1/s1. The lowest BCUT2D eigenvalue weighted by Gasteiger charge is -2.24. The quantitative estimate of drug-likeness (QED) is 0.562. The third kappa shape index (κ3) is 5.63. The minimum atomic E-state index is -0.604. The third-order valence-electron chi connectivity index (χ3n) is 5.26. The van der Waals surface area contributed by atoms with E-state index in [1.807, 2.05) is 20.8 Å². The largest absolute Gasteiger partial charge is 0.444 e. The van der Waals surface area contributed by atoms with Crippen LogP contribution in [0.1, 0.15) is 57.2 Å². The van der Waals surface area contributed by atoms with Crippen LogP contribution in [0, 0.1) is 5.82 Å². The van der Waals surface area contributed by atoms with Crippen LogP contribution in [0.5, 0.6) is 0 Å². The van der Waals surface area contributed by atoms with E-state index in [0.717, 1.165) is 36.8 Å². The minimum Gasteiger partial charge on any atom is -0.444 e. The molecule has 1 atom stereocenters. The van der Waals surface area contributed by atoms with E-state index in [1.54, 1.807) is 30.2 Å². The van der Waals surface area contributed by atoms with E-state index in [1.165, 1.54) is 12.4 Å². The van der Waals surface area contributed by atoms with Crippen LogP contribution in [0.15, 0.2) is 30.9 Å². The molecule has 2 aromatic heterocycles. The number of halogens is 1. The Morgan fingerprint density at radius 3 is 2.79 bits per heavy atom. The highest BCUT2D eigenvalue weighted by Gasteiger charge is 2.26. The zero-order valence-electron chi connectivity index (χ0n) is 19.2. The van der Waals surface area contributed by atoms with Crippen molar-refractivity contribution < 1.29 is 13.9 Å². The number of fused-ring (bicyclic) bond motifs is 1. The van der Waals surface area contributed by atoms with Crippen molar-refractivity contribution in [2.24, 2.45) is 7.05 Å². The number of anilines is 2. The highest BCUT2D eigenvalue weighted by Crippen LogP contribution is 2.33. The van der Waals surface area contributed by atoms with Crippen LogP contribution in [0.3, 0.4) is 0 Å². The molecular weight excluding hydrogens is 425 g/mol. The van der Waals surface area contributed by atoms with Gasteiger partial charge in [0.15, 0.2) is 5.82 Å². The van der Waals surface area contributed by atoms with E-state index >= 15 is 4.39 Å². The number of ether oxygens (including phenoxy) is 1. The fraction of sp³-hybridized carbons (Fsp3) is 0.435. The molecule has 0 aliphatic heterocycles. The Morgan fingerprint density at radius 1 is 1.24 bits per heavy atom. The highest BCUT2D eigenvalue weighted by molar-refractivity contribution is 5.69. The van der Waals surface area contributed by atoms with Gasteiger partial charge in [0.2, 0.25) is 5.95 Å². The van der Waals surface area contributed by atoms with Crippen LogP contribution in [0.2, 0.25) is 0 Å². The first-order chi connectivity index (χ1) is 15.7. The lowest BCUT2D eigenvalue weighted by Crippen LogP contribution is -2.35. The van der Waals surface area contributed by atoms with Gasteiger partial charge in [-0.2, -0.15) is 10.1 Å². The van der Waals surface area contributed by atoms with Crippen LogP contribution in [-0.4, -0.2) is 36.4 Å². The van der Waals surface area contributed by atoms with Crippen LogP contribution in [-0.2, 0) is 18.2 Å². The number of alkyl carbamates (subject to hydrolysis) is 1. The summed E-state index contributed by atoms with van der Waals surface area (Å²) in [5.41, 5.74) is 2.14. The van der Waals surface area contributed by atoms with Crippen LogP contribution in [0.25, 0.3) is 11.4 Å². The average molecular weight is 454 g/mol. The summed E-state index contributed by atoms with van der Waals surface area (Å²) in [6.07, 6.45) is 7.62. The van der Waals surface area contributed by atoms with Crippen molar-refractivity contribution in [3.63, 3.8) is 0 Å². The number of hydrogen-bond acceptors (Lipinski definition) is 7. The summed E-state index contributed by atoms with van der Waals surface area (Å²) in [7, 11) is 1.81. The van der Waals surface area contributed by atoms with Gasteiger partial charge in [-0.25, -0.2) is 19.2 Å². The molecule has 1 amide bonds. The van der Waals surface area contributed by atoms with E-state index in [0.29, 0.717) is 17.2 Å². The summed E-state index contributed by atoms with van der Waals surface area (Å²) < 4.78 is 22.3.